The Morgan fingerprint density at radius 3 is 1.00 bits per heavy atom. The van der Waals surface area contributed by atoms with Gasteiger partial charge < -0.3 is 4.48 Å². The van der Waals surface area contributed by atoms with Crippen LogP contribution < -0.4 is 0 Å². The Hall–Kier alpha value is 0.450. The van der Waals surface area contributed by atoms with Gasteiger partial charge in [-0.1, -0.05) is 0 Å². The third kappa shape index (κ3) is 114. The summed E-state index contributed by atoms with van der Waals surface area (Å²) in [5.41, 5.74) is 1.02. The molecule has 0 heterocycles. The molecule has 1 nitrogen and oxygen atoms in total. The van der Waals surface area contributed by atoms with E-state index < -0.39 is 7.81 Å². The summed E-state index contributed by atoms with van der Waals surface area (Å²) in [6, 6.07) is 0. The minimum absolute atomic E-state index is 0.986. The second-order valence-electron chi connectivity index (χ2n) is 3.37. The van der Waals surface area contributed by atoms with Gasteiger partial charge in [-0.25, -0.2) is 0 Å². The van der Waals surface area contributed by atoms with Crippen LogP contribution in [-0.4, -0.2) is 31.1 Å². The van der Waals surface area contributed by atoms with E-state index in [1.807, 2.05) is 0 Å². The molecule has 0 spiro atoms. The zero-order chi connectivity index (χ0) is 11.6. The molecule has 9 heteroatoms. The van der Waals surface area contributed by atoms with Crippen molar-refractivity contribution in [3.8, 4) is 0 Å². The number of alkyl halides is 1. The fraction of sp³-hybridized carbons (Fsp3) is 1.00. The van der Waals surface area contributed by atoms with Crippen LogP contribution in [0.4, 0.5) is 25.2 Å². The third-order valence-electron chi connectivity index (χ3n) is 0.359. The van der Waals surface area contributed by atoms with E-state index in [0.29, 0.717) is 0 Å². The van der Waals surface area contributed by atoms with E-state index in [0.717, 1.165) is 9.94 Å². The van der Waals surface area contributed by atoms with Gasteiger partial charge in [-0.15, -0.1) is 0 Å². The number of hydrogen-bond donors (Lipinski definition) is 0. The molecule has 13 heavy (non-hydrogen) atoms. The van der Waals surface area contributed by atoms with Gasteiger partial charge in [-0.2, -0.15) is 0 Å². The Balaban J connectivity index is 0. The number of nitrogens with zero attached hydrogens (tertiary/aromatic N) is 1. The van der Waals surface area contributed by atoms with Gasteiger partial charge in [0, 0.05) is 0 Å². The Morgan fingerprint density at radius 2 is 1.00 bits per heavy atom. The molecule has 0 bridgehead atoms. The van der Waals surface area contributed by atoms with Crippen LogP contribution in [0.15, 0.2) is 0 Å². The van der Waals surface area contributed by atoms with Crippen LogP contribution in [0, 0.1) is 0 Å². The summed E-state index contributed by atoms with van der Waals surface area (Å²) in [7, 11) is -4.26. The van der Waals surface area contributed by atoms with Crippen LogP contribution in [0.1, 0.15) is 0 Å². The number of rotatable bonds is 1. The average Bonchev–Trinajstić information content (AvgIpc) is 1.54. The molecule has 0 aliphatic heterocycles. The summed E-state index contributed by atoms with van der Waals surface area (Å²) >= 11 is 3.34. The van der Waals surface area contributed by atoms with E-state index in [9.17, 15) is 25.2 Å². The van der Waals surface area contributed by atoms with Crippen LogP contribution in [0.2, 0.25) is 0 Å². The van der Waals surface area contributed by atoms with Crippen LogP contribution in [0.25, 0.3) is 0 Å². The third-order valence-corrected chi connectivity index (χ3v) is 1.86. The van der Waals surface area contributed by atoms with Crippen molar-refractivity contribution < 1.29 is 29.7 Å². The molecule has 86 valence electrons. The van der Waals surface area contributed by atoms with Crippen molar-refractivity contribution in [1.82, 2.24) is 0 Å². The molecule has 0 aromatic rings. The van der Waals surface area contributed by atoms with E-state index in [4.69, 9.17) is 0 Å². The summed E-state index contributed by atoms with van der Waals surface area (Å²) in [5.74, 6) is 0. The molecule has 0 aromatic heterocycles. The topological polar surface area (TPSA) is 0 Å². The van der Waals surface area contributed by atoms with Crippen LogP contribution in [0.3, 0.4) is 0 Å². The molecule has 0 aromatic carbocycles. The molecule has 0 fully saturated rings. The second-order valence-corrected chi connectivity index (χ2v) is 5.79. The van der Waals surface area contributed by atoms with E-state index in [-0.39, 0.29) is 0 Å². The zero-order valence-corrected chi connectivity index (χ0v) is 9.73. The molecule has 0 radical (unpaired) electrons. The van der Waals surface area contributed by atoms with Crippen molar-refractivity contribution in [2.75, 3.05) is 26.6 Å². The maximum atomic E-state index is 9.87. The molecule has 0 saturated carbocycles. The van der Waals surface area contributed by atoms with Crippen molar-refractivity contribution in [2.24, 2.45) is 0 Å². The molecule has 0 saturated heterocycles. The molecule has 0 amide bonds. The van der Waals surface area contributed by atoms with Crippen LogP contribution in [-0.2, 0) is 0 Å². The first-order valence-corrected chi connectivity index (χ1v) is 6.09. The van der Waals surface area contributed by atoms with Crippen LogP contribution >= 0.6 is 23.7 Å². The van der Waals surface area contributed by atoms with Crippen molar-refractivity contribution in [2.45, 2.75) is 0 Å². The second kappa shape index (κ2) is 3.24. The fourth-order valence-electron chi connectivity index (χ4n) is 0. The Morgan fingerprint density at radius 1 is 0.923 bits per heavy atom. The van der Waals surface area contributed by atoms with Gasteiger partial charge in [-0.3, -0.25) is 0 Å². The van der Waals surface area contributed by atoms with Gasteiger partial charge in [0.15, 0.2) is 0 Å². The Bertz CT molecular complexity index is 153. The van der Waals surface area contributed by atoms with Gasteiger partial charge in [0.25, 0.3) is 0 Å². The Labute approximate surface area is 80.7 Å². The summed E-state index contributed by atoms with van der Waals surface area (Å²) < 4.78 is 60.2. The molecular formula is C4H11BrF6NP. The summed E-state index contributed by atoms with van der Waals surface area (Å²) in [6.45, 7) is 0. The predicted octanol–water partition coefficient (Wildman–Crippen LogP) is 4.43. The maximum absolute atomic E-state index is 10.7. The van der Waals surface area contributed by atoms with Crippen molar-refractivity contribution in [3.05, 3.63) is 0 Å². The van der Waals surface area contributed by atoms with Crippen molar-refractivity contribution in [1.29, 1.82) is 0 Å². The Kier molecular flexibility index (Phi) is 3.96. The normalized spacial score (nSPS) is 18.0. The predicted molar refractivity (Wildman–Crippen MR) is 45.4 cm³/mol. The summed E-state index contributed by atoms with van der Waals surface area (Å²) in [4.78, 5) is 0. The van der Waals surface area contributed by atoms with Gasteiger partial charge in [0.1, 0.15) is 5.45 Å². The molecule has 0 aliphatic carbocycles. The number of halogens is 7. The first-order valence-electron chi connectivity index (χ1n) is 2.94. The standard InChI is InChI=1S/C4H11BrN.F6P/c1-6(2,3)4-5;1-7(2,3,4,5)6/h4H2,1-3H3;/q+1;-1. The molecule has 0 N–H and O–H groups in total. The van der Waals surface area contributed by atoms with E-state index in [2.05, 4.69) is 37.1 Å². The average molecular weight is 298 g/mol. The van der Waals surface area contributed by atoms with Crippen molar-refractivity contribution >= 4 is 23.7 Å². The quantitative estimate of drug-likeness (QED) is 0.221. The zero-order valence-electron chi connectivity index (χ0n) is 7.25. The van der Waals surface area contributed by atoms with Crippen molar-refractivity contribution in [3.63, 3.8) is 0 Å². The van der Waals surface area contributed by atoms with E-state index >= 15 is 0 Å². The monoisotopic (exact) mass is 297 g/mol. The molecule has 0 unspecified atom stereocenters. The van der Waals surface area contributed by atoms with E-state index in [1.54, 1.807) is 0 Å². The van der Waals surface area contributed by atoms with E-state index in [1.165, 1.54) is 0 Å². The SMILES string of the molecule is C[N+](C)(C)CBr.F[P-](F)(F)(F)(F)F. The minimum atomic E-state index is -10.7. The molecule has 0 atom stereocenters. The van der Waals surface area contributed by atoms with Gasteiger partial charge in [0.2, 0.25) is 0 Å². The van der Waals surface area contributed by atoms with Gasteiger partial charge in [0.05, 0.1) is 21.1 Å². The first kappa shape index (κ1) is 15.9. The summed E-state index contributed by atoms with van der Waals surface area (Å²) in [6.07, 6.45) is 0. The van der Waals surface area contributed by atoms with Gasteiger partial charge >= 0.3 is 33.0 Å². The molecular weight excluding hydrogens is 287 g/mol. The number of quaternary nitrogens is 1. The fourth-order valence-corrected chi connectivity index (χ4v) is 0. The molecule has 0 aliphatic rings. The molecule has 0 rings (SSSR count). The summed E-state index contributed by atoms with van der Waals surface area (Å²) in [5, 5.41) is 0. The first-order chi connectivity index (χ1) is 5.01. The van der Waals surface area contributed by atoms with Crippen LogP contribution in [0.5, 0.6) is 0 Å². The number of hydrogen-bond acceptors (Lipinski definition) is 0. The van der Waals surface area contributed by atoms with Gasteiger partial charge in [-0.05, 0) is 15.9 Å².